The number of oxazole rings is 1. The third-order valence-corrected chi connectivity index (χ3v) is 20.0. The Morgan fingerprint density at radius 2 is 0.938 bits per heavy atom. The molecule has 6 aromatic heterocycles. The van der Waals surface area contributed by atoms with Crippen LogP contribution in [0.3, 0.4) is 0 Å². The number of benzene rings is 3. The summed E-state index contributed by atoms with van der Waals surface area (Å²) in [6, 6.07) is 25.6. The highest BCUT2D eigenvalue weighted by Crippen LogP contribution is 2.31. The predicted molar refractivity (Wildman–Crippen MR) is 382 cm³/mol. The number of piperazine rings is 3. The van der Waals surface area contributed by atoms with Crippen molar-refractivity contribution >= 4 is 78.5 Å². The third-order valence-electron chi connectivity index (χ3n) is 19.0. The van der Waals surface area contributed by atoms with Crippen LogP contribution in [0.2, 0.25) is 0 Å². The van der Waals surface area contributed by atoms with Gasteiger partial charge < -0.3 is 48.3 Å². The standard InChI is InChI=1S/C25H34N4O3.C24H34N6O2.C24H33N5O2S/c1-3-6-19(15-20-17-26-22-8-5-4-7-21(20)22)16-23(30)24-18-27-25(32-24)29-11-9-28(10-12-29)13-14-31-2;1-3-6-18(15-19-17-25-21-8-5-4-7-20(19)21)16-22(31)23-26-24(28-27-23)30-11-9-29(10-12-30)13-14-32-2;1-3-6-18(15-19-17-25-21-8-5-4-7-20(19)21)16-22(30)23-26-27-24(32-23)29-11-9-28(10-12-29)13-14-31-2/h4-5,7-8,17-19,26H,3,6,9-16H2,1-2H3;4-5,7-8,17-18,25H,3,6,9-16H2,1-2H3,(H,26,27,28);4-5,7-8,17-18,25H,3,6,9-16H2,1-2H3. The summed E-state index contributed by atoms with van der Waals surface area (Å²) in [4.78, 5) is 71.7. The van der Waals surface area contributed by atoms with Crippen molar-refractivity contribution < 1.29 is 33.0 Å². The number of hydrogen-bond donors (Lipinski definition) is 4. The van der Waals surface area contributed by atoms with Crippen molar-refractivity contribution in [1.29, 1.82) is 0 Å². The van der Waals surface area contributed by atoms with Gasteiger partial charge in [0.25, 0.3) is 6.01 Å². The van der Waals surface area contributed by atoms with E-state index in [0.29, 0.717) is 53.7 Å². The molecule has 0 bridgehead atoms. The number of rotatable bonds is 33. The zero-order valence-corrected chi connectivity index (χ0v) is 58.2. The summed E-state index contributed by atoms with van der Waals surface area (Å²) < 4.78 is 21.4. The SMILES string of the molecule is CCCC(CC(=O)c1cnc(N2CCN(CCOC)CC2)o1)Cc1c[nH]c2ccccc12.CCCC(CC(=O)c1nc(N2CCN(CCOC)CC2)n[nH]1)Cc1c[nH]c2ccccc12.CCCC(CC(=O)c1nnc(N2CCN(CCOC)CC2)s1)Cc1c[nH]c2ccccc12. The average molecular weight is 1330 g/mol. The van der Waals surface area contributed by atoms with Crippen molar-refractivity contribution in [3.63, 3.8) is 0 Å². The second-order valence-electron chi connectivity index (χ2n) is 25.9. The van der Waals surface area contributed by atoms with E-state index in [-0.39, 0.29) is 29.2 Å². The largest absolute Gasteiger partial charge is 0.420 e. The molecule has 0 spiro atoms. The third kappa shape index (κ3) is 19.8. The molecule has 12 rings (SSSR count). The molecule has 9 heterocycles. The molecule has 0 aliphatic carbocycles. The zero-order valence-electron chi connectivity index (χ0n) is 57.4. The number of carbonyl (C=O) groups excluding carboxylic acids is 3. The molecule has 23 heteroatoms. The van der Waals surface area contributed by atoms with Gasteiger partial charge in [0.05, 0.1) is 26.0 Å². The smallest absolute Gasteiger partial charge is 0.297 e. The van der Waals surface area contributed by atoms with Gasteiger partial charge in [-0.25, -0.2) is 4.98 Å². The Balaban J connectivity index is 0.000000157. The lowest BCUT2D eigenvalue weighted by atomic mass is 9.90. The van der Waals surface area contributed by atoms with Gasteiger partial charge in [-0.2, -0.15) is 4.98 Å². The molecule has 516 valence electrons. The first-order chi connectivity index (χ1) is 47.0. The number of ketones is 3. The molecule has 3 aliphatic heterocycles. The second kappa shape index (κ2) is 36.6. The second-order valence-corrected chi connectivity index (χ2v) is 26.8. The molecular weight excluding hydrogens is 1230 g/mol. The maximum Gasteiger partial charge on any atom is 0.297 e. The molecule has 0 radical (unpaired) electrons. The molecule has 3 saturated heterocycles. The molecule has 4 N–H and O–H groups in total. The Kier molecular flexibility index (Phi) is 27.1. The lowest BCUT2D eigenvalue weighted by Crippen LogP contribution is -2.47. The van der Waals surface area contributed by atoms with Crippen molar-refractivity contribution in [1.82, 2.24) is 60.0 Å². The minimum absolute atomic E-state index is 0.0424. The number of ether oxygens (including phenoxy) is 3. The number of fused-ring (bicyclic) bond motifs is 3. The van der Waals surface area contributed by atoms with Gasteiger partial charge in [0.1, 0.15) is 0 Å². The van der Waals surface area contributed by atoms with E-state index in [0.717, 1.165) is 197 Å². The molecule has 22 nitrogen and oxygen atoms in total. The van der Waals surface area contributed by atoms with Gasteiger partial charge in [-0.3, -0.25) is 34.2 Å². The number of methoxy groups -OCH3 is 3. The molecule has 3 aliphatic rings. The van der Waals surface area contributed by atoms with Gasteiger partial charge >= 0.3 is 0 Å². The summed E-state index contributed by atoms with van der Waals surface area (Å²) in [6.45, 7) is 22.6. The Labute approximate surface area is 569 Å². The number of Topliss-reactive ketones (excluding diaryl/α,β-unsaturated/α-hetero) is 3. The maximum absolute atomic E-state index is 13.0. The van der Waals surface area contributed by atoms with Crippen LogP contribution in [-0.4, -0.2) is 217 Å². The molecular formula is C73H101N15O7S. The van der Waals surface area contributed by atoms with Crippen LogP contribution in [0, 0.1) is 17.8 Å². The highest BCUT2D eigenvalue weighted by molar-refractivity contribution is 7.17. The van der Waals surface area contributed by atoms with Gasteiger partial charge in [-0.15, -0.1) is 15.3 Å². The van der Waals surface area contributed by atoms with Crippen LogP contribution >= 0.6 is 11.3 Å². The quantitative estimate of drug-likeness (QED) is 0.0280. The highest BCUT2D eigenvalue weighted by Gasteiger charge is 2.28. The van der Waals surface area contributed by atoms with Gasteiger partial charge in [-0.05, 0) is 91.2 Å². The summed E-state index contributed by atoms with van der Waals surface area (Å²) in [7, 11) is 5.20. The van der Waals surface area contributed by atoms with Gasteiger partial charge in [-0.1, -0.05) is 106 Å². The maximum atomic E-state index is 13.0. The molecule has 0 amide bonds. The van der Waals surface area contributed by atoms with Crippen LogP contribution in [0.5, 0.6) is 0 Å². The topological polar surface area (TPSA) is 239 Å². The number of nitrogens with one attached hydrogen (secondary N) is 4. The first-order valence-electron chi connectivity index (χ1n) is 34.9. The lowest BCUT2D eigenvalue weighted by molar-refractivity contribution is 0.0927. The van der Waals surface area contributed by atoms with Crippen molar-refractivity contribution in [2.24, 2.45) is 17.8 Å². The van der Waals surface area contributed by atoms with Crippen LogP contribution in [0.25, 0.3) is 32.7 Å². The average Bonchev–Trinajstić information content (AvgIpc) is 1.79. The number of H-pyrrole nitrogens is 4. The number of anilines is 3. The fourth-order valence-electron chi connectivity index (χ4n) is 13.6. The minimum Gasteiger partial charge on any atom is -0.420 e. The van der Waals surface area contributed by atoms with Crippen LogP contribution in [-0.2, 0) is 33.5 Å². The predicted octanol–water partition coefficient (Wildman–Crippen LogP) is 11.5. The normalized spacial score (nSPS) is 16.0. The summed E-state index contributed by atoms with van der Waals surface area (Å²) >= 11 is 1.44. The lowest BCUT2D eigenvalue weighted by Gasteiger charge is -2.34. The van der Waals surface area contributed by atoms with E-state index >= 15 is 0 Å². The highest BCUT2D eigenvalue weighted by atomic mass is 32.1. The number of nitrogens with zero attached hydrogens (tertiary/aromatic N) is 11. The van der Waals surface area contributed by atoms with E-state index in [9.17, 15) is 14.4 Å². The number of aromatic nitrogens is 9. The van der Waals surface area contributed by atoms with Crippen molar-refractivity contribution in [3.8, 4) is 0 Å². The Morgan fingerprint density at radius 1 is 0.521 bits per heavy atom. The Bertz CT molecular complexity index is 3400. The van der Waals surface area contributed by atoms with E-state index in [4.69, 9.17) is 18.6 Å². The van der Waals surface area contributed by atoms with Crippen molar-refractivity contribution in [3.05, 3.63) is 131 Å². The first kappa shape index (κ1) is 71.1. The van der Waals surface area contributed by atoms with Crippen LogP contribution in [0.15, 0.2) is 102 Å². The summed E-state index contributed by atoms with van der Waals surface area (Å²) in [6.07, 6.45) is 18.2. The van der Waals surface area contributed by atoms with Crippen molar-refractivity contribution in [2.45, 2.75) is 97.8 Å². The minimum atomic E-state index is 0.0424. The first-order valence-corrected chi connectivity index (χ1v) is 35.7. The molecule has 3 atom stereocenters. The van der Waals surface area contributed by atoms with E-state index in [1.54, 1.807) is 27.5 Å². The van der Waals surface area contributed by atoms with E-state index in [1.807, 2.05) is 18.2 Å². The van der Waals surface area contributed by atoms with Gasteiger partial charge in [0.15, 0.2) is 33.9 Å². The molecule has 96 heavy (non-hydrogen) atoms. The molecule has 0 saturated carbocycles. The number of carbonyl (C=O) groups is 3. The Hall–Kier alpha value is -7.64. The summed E-state index contributed by atoms with van der Waals surface area (Å²) in [5, 5.41) is 21.0. The number of aromatic amines is 4. The molecule has 3 unspecified atom stereocenters. The van der Waals surface area contributed by atoms with Gasteiger partial charge in [0, 0.05) is 190 Å². The summed E-state index contributed by atoms with van der Waals surface area (Å²) in [5.74, 6) is 2.46. The number of para-hydroxylation sites is 3. The summed E-state index contributed by atoms with van der Waals surface area (Å²) in [5.41, 5.74) is 7.28. The fraction of sp³-hybridized carbons (Fsp3) is 0.534. The molecule has 3 aromatic carbocycles. The van der Waals surface area contributed by atoms with Crippen LogP contribution < -0.4 is 14.7 Å². The Morgan fingerprint density at radius 3 is 1.39 bits per heavy atom. The van der Waals surface area contributed by atoms with Crippen LogP contribution in [0.4, 0.5) is 17.1 Å². The van der Waals surface area contributed by atoms with Crippen molar-refractivity contribution in [2.75, 3.05) is 154 Å². The fourth-order valence-corrected chi connectivity index (χ4v) is 14.5. The zero-order chi connectivity index (χ0) is 67.0. The van der Waals surface area contributed by atoms with Crippen LogP contribution in [0.1, 0.15) is 126 Å². The van der Waals surface area contributed by atoms with E-state index < -0.39 is 0 Å². The molecule has 3 fully saturated rings. The number of hydrogen-bond acceptors (Lipinski definition) is 19. The van der Waals surface area contributed by atoms with E-state index in [2.05, 4.69) is 169 Å². The molecule has 9 aromatic rings. The monoisotopic (exact) mass is 1330 g/mol. The van der Waals surface area contributed by atoms with E-state index in [1.165, 1.54) is 44.2 Å². The van der Waals surface area contributed by atoms with Gasteiger partial charge in [0.2, 0.25) is 11.1 Å².